The van der Waals surface area contributed by atoms with Crippen LogP contribution in [-0.2, 0) is 16.3 Å². The first-order valence-electron chi connectivity index (χ1n) is 11.9. The van der Waals surface area contributed by atoms with Gasteiger partial charge in [-0.2, -0.15) is 16.9 Å². The Morgan fingerprint density at radius 2 is 1.47 bits per heavy atom. The summed E-state index contributed by atoms with van der Waals surface area (Å²) in [5.74, 6) is 1.29. The first-order valence-corrected chi connectivity index (χ1v) is 13.0. The molecule has 0 aliphatic rings. The molecule has 8 heteroatoms. The average molecular weight is 528 g/mol. The van der Waals surface area contributed by atoms with E-state index in [0.29, 0.717) is 17.0 Å². The zero-order chi connectivity index (χ0) is 26.6. The van der Waals surface area contributed by atoms with Gasteiger partial charge in [-0.3, -0.25) is 9.59 Å². The number of nitrogens with zero attached hydrogens (tertiary/aromatic N) is 1. The summed E-state index contributed by atoms with van der Waals surface area (Å²) in [6, 6.07) is 30.2. The highest BCUT2D eigenvalue weighted by Crippen LogP contribution is 2.18. The van der Waals surface area contributed by atoms with Gasteiger partial charge in [0.25, 0.3) is 11.8 Å². The van der Waals surface area contributed by atoms with Crippen LogP contribution in [0.4, 0.5) is 10.1 Å². The molecule has 0 saturated heterocycles. The minimum atomic E-state index is -0.374. The third kappa shape index (κ3) is 8.60. The van der Waals surface area contributed by atoms with Crippen molar-refractivity contribution in [2.24, 2.45) is 5.10 Å². The molecule has 0 radical (unpaired) electrons. The number of carbonyl (C=O) groups excluding carboxylic acids is 2. The van der Waals surface area contributed by atoms with E-state index in [4.69, 9.17) is 4.74 Å². The largest absolute Gasteiger partial charge is 0.484 e. The van der Waals surface area contributed by atoms with Crippen LogP contribution in [-0.4, -0.2) is 24.6 Å². The highest BCUT2D eigenvalue weighted by molar-refractivity contribution is 7.97. The van der Waals surface area contributed by atoms with Gasteiger partial charge in [-0.15, -0.1) is 0 Å². The summed E-state index contributed by atoms with van der Waals surface area (Å²) in [6.45, 7) is -0.189. The maximum Gasteiger partial charge on any atom is 0.271 e. The van der Waals surface area contributed by atoms with E-state index in [2.05, 4.69) is 28.0 Å². The summed E-state index contributed by atoms with van der Waals surface area (Å²) in [5.41, 5.74) is 6.74. The van der Waals surface area contributed by atoms with Crippen molar-refractivity contribution in [3.8, 4) is 5.75 Å². The van der Waals surface area contributed by atoms with Gasteiger partial charge in [-0.25, -0.2) is 9.82 Å². The topological polar surface area (TPSA) is 79.8 Å². The summed E-state index contributed by atoms with van der Waals surface area (Å²) in [7, 11) is 0. The van der Waals surface area contributed by atoms with Crippen LogP contribution in [0.1, 0.15) is 27.0 Å². The molecule has 2 amide bonds. The molecular formula is C30H26FN3O3S. The quantitative estimate of drug-likeness (QED) is 0.184. The van der Waals surface area contributed by atoms with Gasteiger partial charge in [0, 0.05) is 22.8 Å². The number of amides is 2. The summed E-state index contributed by atoms with van der Waals surface area (Å²) < 4.78 is 18.4. The number of anilines is 1. The fourth-order valence-corrected chi connectivity index (χ4v) is 4.33. The number of thioether (sulfide) groups is 1. The number of hydrogen-bond acceptors (Lipinski definition) is 5. The molecule has 2 N–H and O–H groups in total. The molecule has 0 bridgehead atoms. The van der Waals surface area contributed by atoms with Crippen molar-refractivity contribution in [1.29, 1.82) is 0 Å². The SMILES string of the molecule is O=C(COc1ccc(/C=N\NC(=O)c2ccc(CSCc3ccccc3)cc2)cc1)Nc1ccc(F)cc1. The molecule has 0 spiro atoms. The van der Waals surface area contributed by atoms with E-state index in [1.54, 1.807) is 36.4 Å². The van der Waals surface area contributed by atoms with E-state index in [-0.39, 0.29) is 24.2 Å². The predicted molar refractivity (Wildman–Crippen MR) is 150 cm³/mol. The fourth-order valence-electron chi connectivity index (χ4n) is 3.37. The van der Waals surface area contributed by atoms with Gasteiger partial charge in [0.1, 0.15) is 11.6 Å². The minimum absolute atomic E-state index is 0.189. The molecule has 0 aliphatic heterocycles. The smallest absolute Gasteiger partial charge is 0.271 e. The number of hydrazone groups is 1. The molecule has 0 unspecified atom stereocenters. The van der Waals surface area contributed by atoms with Crippen molar-refractivity contribution in [3.05, 3.63) is 131 Å². The lowest BCUT2D eigenvalue weighted by atomic mass is 10.1. The minimum Gasteiger partial charge on any atom is -0.484 e. The molecule has 0 aliphatic carbocycles. The van der Waals surface area contributed by atoms with Crippen molar-refractivity contribution < 1.29 is 18.7 Å². The molecule has 4 aromatic rings. The average Bonchev–Trinajstić information content (AvgIpc) is 2.95. The molecule has 0 atom stereocenters. The molecule has 0 saturated carbocycles. The molecule has 4 rings (SSSR count). The van der Waals surface area contributed by atoms with Gasteiger partial charge in [0.2, 0.25) is 0 Å². The van der Waals surface area contributed by atoms with Gasteiger partial charge in [0.15, 0.2) is 6.61 Å². The number of carbonyl (C=O) groups is 2. The third-order valence-electron chi connectivity index (χ3n) is 5.35. The second kappa shape index (κ2) is 13.8. The summed E-state index contributed by atoms with van der Waals surface area (Å²) in [5, 5.41) is 6.65. The van der Waals surface area contributed by atoms with Crippen LogP contribution < -0.4 is 15.5 Å². The Kier molecular flexibility index (Phi) is 9.64. The van der Waals surface area contributed by atoms with Crippen molar-refractivity contribution in [2.75, 3.05) is 11.9 Å². The number of benzene rings is 4. The normalized spacial score (nSPS) is 10.8. The standard InChI is InChI=1S/C30H26FN3O3S/c31-26-12-14-27(15-13-26)33-29(35)19-37-28-16-8-22(9-17-28)18-32-34-30(36)25-10-6-24(7-11-25)21-38-20-23-4-2-1-3-5-23/h1-18H,19-21H2,(H,33,35)(H,34,36)/b32-18-. The Balaban J connectivity index is 1.18. The molecule has 4 aromatic carbocycles. The van der Waals surface area contributed by atoms with Gasteiger partial charge < -0.3 is 10.1 Å². The molecule has 192 valence electrons. The first kappa shape index (κ1) is 26.6. The van der Waals surface area contributed by atoms with Crippen LogP contribution in [0.5, 0.6) is 5.75 Å². The van der Waals surface area contributed by atoms with E-state index >= 15 is 0 Å². The van der Waals surface area contributed by atoms with E-state index in [9.17, 15) is 14.0 Å². The molecule has 0 aromatic heterocycles. The van der Waals surface area contributed by atoms with Gasteiger partial charge in [-0.05, 0) is 77.4 Å². The lowest BCUT2D eigenvalue weighted by molar-refractivity contribution is -0.118. The highest BCUT2D eigenvalue weighted by Gasteiger charge is 2.06. The monoisotopic (exact) mass is 527 g/mol. The van der Waals surface area contributed by atoms with E-state index in [1.165, 1.54) is 36.0 Å². The van der Waals surface area contributed by atoms with Crippen LogP contribution in [0.3, 0.4) is 0 Å². The predicted octanol–water partition coefficient (Wildman–Crippen LogP) is 6.04. The van der Waals surface area contributed by atoms with E-state index in [0.717, 1.165) is 22.6 Å². The molecule has 6 nitrogen and oxygen atoms in total. The first-order chi connectivity index (χ1) is 18.5. The lowest BCUT2D eigenvalue weighted by Gasteiger charge is -2.07. The van der Waals surface area contributed by atoms with E-state index < -0.39 is 0 Å². The molecule has 0 heterocycles. The second-order valence-electron chi connectivity index (χ2n) is 8.29. The van der Waals surface area contributed by atoms with Gasteiger partial charge in [0.05, 0.1) is 6.21 Å². The maximum atomic E-state index is 12.9. The Labute approximate surface area is 224 Å². The summed E-state index contributed by atoms with van der Waals surface area (Å²) in [6.07, 6.45) is 1.53. The maximum absolute atomic E-state index is 12.9. The van der Waals surface area contributed by atoms with Crippen molar-refractivity contribution >= 4 is 35.5 Å². The number of nitrogens with one attached hydrogen (secondary N) is 2. The van der Waals surface area contributed by atoms with E-state index in [1.807, 2.05) is 42.1 Å². The second-order valence-corrected chi connectivity index (χ2v) is 9.27. The van der Waals surface area contributed by atoms with Crippen molar-refractivity contribution in [1.82, 2.24) is 5.43 Å². The zero-order valence-corrected chi connectivity index (χ0v) is 21.3. The Morgan fingerprint density at radius 3 is 2.16 bits per heavy atom. The Morgan fingerprint density at radius 1 is 0.816 bits per heavy atom. The molecule has 0 fully saturated rings. The van der Waals surface area contributed by atoms with Crippen LogP contribution in [0, 0.1) is 5.82 Å². The third-order valence-corrected chi connectivity index (χ3v) is 6.43. The fraction of sp³-hybridized carbons (Fsp3) is 0.100. The summed E-state index contributed by atoms with van der Waals surface area (Å²) in [4.78, 5) is 24.4. The van der Waals surface area contributed by atoms with Crippen LogP contribution >= 0.6 is 11.8 Å². The molecule has 38 heavy (non-hydrogen) atoms. The zero-order valence-electron chi connectivity index (χ0n) is 20.5. The number of halogens is 1. The Hall–Kier alpha value is -4.43. The van der Waals surface area contributed by atoms with Crippen LogP contribution in [0.15, 0.2) is 108 Å². The van der Waals surface area contributed by atoms with Crippen LogP contribution in [0.2, 0.25) is 0 Å². The van der Waals surface area contributed by atoms with Crippen molar-refractivity contribution in [2.45, 2.75) is 11.5 Å². The highest BCUT2D eigenvalue weighted by atomic mass is 32.2. The van der Waals surface area contributed by atoms with Crippen LogP contribution in [0.25, 0.3) is 0 Å². The number of hydrogen-bond donors (Lipinski definition) is 2. The summed E-state index contributed by atoms with van der Waals surface area (Å²) >= 11 is 1.83. The number of rotatable bonds is 11. The van der Waals surface area contributed by atoms with Gasteiger partial charge >= 0.3 is 0 Å². The Bertz CT molecular complexity index is 1360. The molecular weight excluding hydrogens is 501 g/mol. The van der Waals surface area contributed by atoms with Crippen molar-refractivity contribution in [3.63, 3.8) is 0 Å². The lowest BCUT2D eigenvalue weighted by Crippen LogP contribution is -2.20. The van der Waals surface area contributed by atoms with Gasteiger partial charge in [-0.1, -0.05) is 42.5 Å². The number of ether oxygens (including phenoxy) is 1.